The average Bonchev–Trinajstić information content (AvgIpc) is 2.75. The van der Waals surface area contributed by atoms with E-state index in [1.54, 1.807) is 24.3 Å². The lowest BCUT2D eigenvalue weighted by molar-refractivity contribution is -0.137. The second-order valence-corrected chi connectivity index (χ2v) is 7.53. The zero-order valence-electron chi connectivity index (χ0n) is 16.6. The van der Waals surface area contributed by atoms with Gasteiger partial charge in [0.05, 0.1) is 22.9 Å². The van der Waals surface area contributed by atoms with Crippen LogP contribution >= 0.6 is 23.8 Å². The molecule has 0 aliphatic carbocycles. The van der Waals surface area contributed by atoms with Crippen LogP contribution in [0.15, 0.2) is 72.8 Å². The Labute approximate surface area is 193 Å². The molecule has 32 heavy (non-hydrogen) atoms. The Balaban J connectivity index is 1.58. The zero-order chi connectivity index (χ0) is 23.1. The maximum Gasteiger partial charge on any atom is 0.416 e. The lowest BCUT2D eigenvalue weighted by atomic mass is 10.2. The summed E-state index contributed by atoms with van der Waals surface area (Å²) >= 11 is 11.0. The van der Waals surface area contributed by atoms with E-state index < -0.39 is 17.6 Å². The minimum absolute atomic E-state index is 0.0309. The molecular formula is C23H18ClF3N2O2S. The number of anilines is 1. The van der Waals surface area contributed by atoms with Gasteiger partial charge in [-0.3, -0.25) is 10.1 Å². The van der Waals surface area contributed by atoms with Crippen LogP contribution in [0.5, 0.6) is 5.75 Å². The molecule has 0 saturated heterocycles. The van der Waals surface area contributed by atoms with Gasteiger partial charge in [0.1, 0.15) is 5.75 Å². The van der Waals surface area contributed by atoms with E-state index in [1.807, 2.05) is 30.3 Å². The van der Waals surface area contributed by atoms with Crippen molar-refractivity contribution in [3.63, 3.8) is 0 Å². The number of amides is 1. The number of benzene rings is 3. The minimum Gasteiger partial charge on any atom is -0.493 e. The largest absolute Gasteiger partial charge is 0.493 e. The van der Waals surface area contributed by atoms with Crippen LogP contribution in [0.3, 0.4) is 0 Å². The van der Waals surface area contributed by atoms with Crippen LogP contribution in [0.25, 0.3) is 0 Å². The number of carbonyl (C=O) groups excluding carboxylic acids is 1. The monoisotopic (exact) mass is 478 g/mol. The van der Waals surface area contributed by atoms with Gasteiger partial charge < -0.3 is 10.1 Å². The van der Waals surface area contributed by atoms with Crippen LogP contribution in [0.1, 0.15) is 21.5 Å². The smallest absolute Gasteiger partial charge is 0.416 e. The maximum absolute atomic E-state index is 12.9. The van der Waals surface area contributed by atoms with Crippen LogP contribution in [-0.4, -0.2) is 17.6 Å². The van der Waals surface area contributed by atoms with Crippen LogP contribution in [0.2, 0.25) is 5.02 Å². The maximum atomic E-state index is 12.9. The topological polar surface area (TPSA) is 50.4 Å². The van der Waals surface area contributed by atoms with Gasteiger partial charge in [0, 0.05) is 12.0 Å². The summed E-state index contributed by atoms with van der Waals surface area (Å²) in [5, 5.41) is 4.79. The molecule has 0 radical (unpaired) electrons. The second kappa shape index (κ2) is 10.5. The number of nitrogens with one attached hydrogen (secondary N) is 2. The van der Waals surface area contributed by atoms with Gasteiger partial charge in [-0.2, -0.15) is 13.2 Å². The first-order valence-electron chi connectivity index (χ1n) is 9.48. The van der Waals surface area contributed by atoms with E-state index in [1.165, 1.54) is 0 Å². The molecule has 0 unspecified atom stereocenters. The number of thiocarbonyl (C=S) groups is 1. The highest BCUT2D eigenvalue weighted by Gasteiger charge is 2.31. The molecule has 0 bridgehead atoms. The molecule has 0 aliphatic rings. The van der Waals surface area contributed by atoms with Crippen molar-refractivity contribution in [3.8, 4) is 5.75 Å². The third-order valence-electron chi connectivity index (χ3n) is 4.37. The molecule has 166 valence electrons. The summed E-state index contributed by atoms with van der Waals surface area (Å²) < 4.78 is 44.4. The summed E-state index contributed by atoms with van der Waals surface area (Å²) in [7, 11) is 0. The Morgan fingerprint density at radius 1 is 1.00 bits per heavy atom. The fraction of sp³-hybridized carbons (Fsp3) is 0.130. The van der Waals surface area contributed by atoms with Gasteiger partial charge in [-0.05, 0) is 54.2 Å². The number of alkyl halides is 3. The normalized spacial score (nSPS) is 11.0. The summed E-state index contributed by atoms with van der Waals surface area (Å²) in [5.41, 5.74) is 0.455. The highest BCUT2D eigenvalue weighted by atomic mass is 35.5. The lowest BCUT2D eigenvalue weighted by Crippen LogP contribution is -2.34. The molecule has 0 fully saturated rings. The molecule has 2 N–H and O–H groups in total. The first-order valence-corrected chi connectivity index (χ1v) is 10.3. The summed E-state index contributed by atoms with van der Waals surface area (Å²) in [6.07, 6.45) is -3.82. The van der Waals surface area contributed by atoms with Crippen LogP contribution in [0, 0.1) is 0 Å². The molecule has 0 atom stereocenters. The summed E-state index contributed by atoms with van der Waals surface area (Å²) in [6.45, 7) is 0.434. The van der Waals surface area contributed by atoms with E-state index in [9.17, 15) is 18.0 Å². The van der Waals surface area contributed by atoms with E-state index in [2.05, 4.69) is 10.6 Å². The van der Waals surface area contributed by atoms with Gasteiger partial charge in [-0.1, -0.05) is 48.0 Å². The number of ether oxygens (including phenoxy) is 1. The molecule has 4 nitrogen and oxygen atoms in total. The van der Waals surface area contributed by atoms with E-state index >= 15 is 0 Å². The molecule has 0 aliphatic heterocycles. The van der Waals surface area contributed by atoms with Crippen molar-refractivity contribution in [3.05, 3.63) is 94.5 Å². The number of rotatable bonds is 6. The molecule has 3 aromatic rings. The molecule has 9 heteroatoms. The molecule has 0 heterocycles. The van der Waals surface area contributed by atoms with E-state index in [0.717, 1.165) is 23.8 Å². The Morgan fingerprint density at radius 3 is 2.47 bits per heavy atom. The fourth-order valence-electron chi connectivity index (χ4n) is 2.78. The molecule has 1 amide bonds. The molecule has 0 aromatic heterocycles. The highest BCUT2D eigenvalue weighted by Crippen LogP contribution is 2.33. The fourth-order valence-corrected chi connectivity index (χ4v) is 3.15. The molecule has 0 spiro atoms. The van der Waals surface area contributed by atoms with Crippen molar-refractivity contribution in [2.24, 2.45) is 0 Å². The van der Waals surface area contributed by atoms with E-state index in [0.29, 0.717) is 18.8 Å². The first kappa shape index (κ1) is 23.6. The van der Waals surface area contributed by atoms with Crippen LogP contribution in [-0.2, 0) is 12.6 Å². The third kappa shape index (κ3) is 6.70. The second-order valence-electron chi connectivity index (χ2n) is 6.71. The van der Waals surface area contributed by atoms with Crippen LogP contribution < -0.4 is 15.4 Å². The van der Waals surface area contributed by atoms with E-state index in [-0.39, 0.29) is 21.4 Å². The van der Waals surface area contributed by atoms with Crippen LogP contribution in [0.4, 0.5) is 18.9 Å². The third-order valence-corrected chi connectivity index (χ3v) is 4.90. The molecular weight excluding hydrogens is 461 g/mol. The predicted molar refractivity (Wildman–Crippen MR) is 122 cm³/mol. The summed E-state index contributed by atoms with van der Waals surface area (Å²) in [6, 6.07) is 19.1. The standard InChI is InChI=1S/C23H18ClF3N2O2S/c24-19-10-9-17(23(25,26)27)14-20(19)28-22(32)29-21(30)16-7-4-8-18(13-16)31-12-11-15-5-2-1-3-6-15/h1-10,13-14H,11-12H2,(H2,28,29,30,32). The van der Waals surface area contributed by atoms with E-state index in [4.69, 9.17) is 28.6 Å². The Morgan fingerprint density at radius 2 is 1.75 bits per heavy atom. The zero-order valence-corrected chi connectivity index (χ0v) is 18.2. The molecule has 0 saturated carbocycles. The number of hydrogen-bond acceptors (Lipinski definition) is 3. The van der Waals surface area contributed by atoms with Gasteiger partial charge in [-0.15, -0.1) is 0 Å². The summed E-state index contributed by atoms with van der Waals surface area (Å²) in [4.78, 5) is 12.5. The minimum atomic E-state index is -4.53. The number of carbonyl (C=O) groups is 1. The Kier molecular flexibility index (Phi) is 7.71. The molecule has 3 aromatic carbocycles. The first-order chi connectivity index (χ1) is 15.2. The van der Waals surface area contributed by atoms with Crippen molar-refractivity contribution in [2.75, 3.05) is 11.9 Å². The Hall–Kier alpha value is -3.10. The SMILES string of the molecule is O=C(NC(=S)Nc1cc(C(F)(F)F)ccc1Cl)c1cccc(OCCc2ccccc2)c1. The highest BCUT2D eigenvalue weighted by molar-refractivity contribution is 7.80. The average molecular weight is 479 g/mol. The number of hydrogen-bond donors (Lipinski definition) is 2. The summed E-state index contributed by atoms with van der Waals surface area (Å²) in [5.74, 6) is -0.0347. The van der Waals surface area contributed by atoms with Gasteiger partial charge in [-0.25, -0.2) is 0 Å². The van der Waals surface area contributed by atoms with Crippen molar-refractivity contribution in [1.82, 2.24) is 5.32 Å². The lowest BCUT2D eigenvalue weighted by Gasteiger charge is -2.14. The Bertz CT molecular complexity index is 1110. The quantitative estimate of drug-likeness (QED) is 0.420. The molecule has 3 rings (SSSR count). The van der Waals surface area contributed by atoms with Crippen molar-refractivity contribution >= 4 is 40.5 Å². The predicted octanol–water partition coefficient (Wildman–Crippen LogP) is 6.11. The van der Waals surface area contributed by atoms with Gasteiger partial charge in [0.15, 0.2) is 5.11 Å². The van der Waals surface area contributed by atoms with Gasteiger partial charge in [0.2, 0.25) is 0 Å². The van der Waals surface area contributed by atoms with Crippen molar-refractivity contribution in [1.29, 1.82) is 0 Å². The van der Waals surface area contributed by atoms with Gasteiger partial charge >= 0.3 is 6.18 Å². The number of halogens is 4. The van der Waals surface area contributed by atoms with Crippen molar-refractivity contribution < 1.29 is 22.7 Å². The van der Waals surface area contributed by atoms with Gasteiger partial charge in [0.25, 0.3) is 5.91 Å². The van der Waals surface area contributed by atoms with Crippen molar-refractivity contribution in [2.45, 2.75) is 12.6 Å².